The number of aromatic amines is 2. The van der Waals surface area contributed by atoms with Gasteiger partial charge in [0.15, 0.2) is 0 Å². The van der Waals surface area contributed by atoms with Crippen molar-refractivity contribution in [1.82, 2.24) is 40.4 Å². The van der Waals surface area contributed by atoms with Crippen LogP contribution in [0.2, 0.25) is 0 Å². The fourth-order valence-corrected chi connectivity index (χ4v) is 9.86. The van der Waals surface area contributed by atoms with Crippen molar-refractivity contribution in [2.75, 3.05) is 33.9 Å². The lowest BCUT2D eigenvalue weighted by molar-refractivity contribution is -0.134. The number of rotatable bonds is 11. The van der Waals surface area contributed by atoms with E-state index in [2.05, 4.69) is 63.9 Å². The zero-order valence-corrected chi connectivity index (χ0v) is 36.0. The number of fused-ring (bicyclic) bond motifs is 4. The predicted octanol–water partition coefficient (Wildman–Crippen LogP) is 7.57. The number of benzene rings is 3. The summed E-state index contributed by atoms with van der Waals surface area (Å²) in [5.41, 5.74) is 8.28. The number of amides is 3. The van der Waals surface area contributed by atoms with Crippen LogP contribution in [0.5, 0.6) is 5.75 Å². The van der Waals surface area contributed by atoms with Crippen LogP contribution in [-0.2, 0) is 14.3 Å². The fraction of sp³-hybridized carbons (Fsp3) is 0.396. The van der Waals surface area contributed by atoms with Gasteiger partial charge in [0.05, 0.1) is 56.1 Å². The maximum Gasteiger partial charge on any atom is 0.407 e. The average Bonchev–Trinajstić information content (AvgIpc) is 4.17. The minimum Gasteiger partial charge on any atom is -0.488 e. The van der Waals surface area contributed by atoms with Crippen LogP contribution in [0, 0.1) is 5.92 Å². The van der Waals surface area contributed by atoms with E-state index < -0.39 is 30.5 Å². The van der Waals surface area contributed by atoms with Crippen molar-refractivity contribution in [3.05, 3.63) is 113 Å². The molecule has 15 nitrogen and oxygen atoms in total. The summed E-state index contributed by atoms with van der Waals surface area (Å²) in [6.07, 6.45) is 8.37. The summed E-state index contributed by atoms with van der Waals surface area (Å²) in [6, 6.07) is 18.4. The summed E-state index contributed by atoms with van der Waals surface area (Å²) in [5.74, 6) is 2.46. The highest BCUT2D eigenvalue weighted by Gasteiger charge is 2.39. The van der Waals surface area contributed by atoms with Crippen molar-refractivity contribution in [1.29, 1.82) is 0 Å². The van der Waals surface area contributed by atoms with Crippen LogP contribution in [0.15, 0.2) is 84.7 Å². The molecule has 1 unspecified atom stereocenters. The molecular weight excluding hydrogens is 801 g/mol. The number of carbonyl (C=O) groups excluding carboxylic acids is 3. The van der Waals surface area contributed by atoms with E-state index in [0.717, 1.165) is 99.5 Å². The van der Waals surface area contributed by atoms with E-state index in [9.17, 15) is 19.5 Å². The van der Waals surface area contributed by atoms with E-state index >= 15 is 0 Å². The van der Waals surface area contributed by atoms with Gasteiger partial charge in [0.1, 0.15) is 36.3 Å². The first-order chi connectivity index (χ1) is 30.6. The predicted molar refractivity (Wildman–Crippen MR) is 237 cm³/mol. The molecule has 15 heteroatoms. The second kappa shape index (κ2) is 17.7. The molecule has 5 heterocycles. The quantitative estimate of drug-likeness (QED) is 0.0887. The van der Waals surface area contributed by atoms with E-state index in [0.29, 0.717) is 26.1 Å². The van der Waals surface area contributed by atoms with Crippen molar-refractivity contribution in [3.63, 3.8) is 0 Å². The molecule has 5 N–H and O–H groups in total. The molecule has 0 saturated carbocycles. The third-order valence-corrected chi connectivity index (χ3v) is 13.1. The van der Waals surface area contributed by atoms with Gasteiger partial charge in [-0.3, -0.25) is 9.69 Å². The zero-order valence-electron chi connectivity index (χ0n) is 36.0. The third kappa shape index (κ3) is 8.06. The number of hydrogen-bond donors (Lipinski definition) is 5. The summed E-state index contributed by atoms with van der Waals surface area (Å²) in [7, 11) is 2.61. The van der Waals surface area contributed by atoms with Crippen LogP contribution in [0.25, 0.3) is 33.2 Å². The molecule has 1 aliphatic carbocycles. The molecule has 2 aromatic heterocycles. The largest absolute Gasteiger partial charge is 0.488 e. The van der Waals surface area contributed by atoms with Crippen LogP contribution in [-0.4, -0.2) is 99.1 Å². The Balaban J connectivity index is 0.923. The van der Waals surface area contributed by atoms with Crippen molar-refractivity contribution in [2.45, 2.75) is 82.8 Å². The van der Waals surface area contributed by atoms with Gasteiger partial charge in [-0.05, 0) is 90.3 Å². The number of alkyl carbamates (subject to hydrolysis) is 2. The first kappa shape index (κ1) is 41.9. The Morgan fingerprint density at radius 1 is 0.905 bits per heavy atom. The molecule has 4 aliphatic rings. The number of allylic oxidation sites excluding steroid dienone is 2. The Morgan fingerprint density at radius 3 is 2.40 bits per heavy atom. The zero-order chi connectivity index (χ0) is 43.8. The molecule has 2 saturated heterocycles. The Bertz CT molecular complexity index is 2580. The lowest BCUT2D eigenvalue weighted by atomic mass is 9.79. The summed E-state index contributed by atoms with van der Waals surface area (Å²) < 4.78 is 16.2. The van der Waals surface area contributed by atoms with E-state index in [1.807, 2.05) is 59.4 Å². The van der Waals surface area contributed by atoms with Crippen LogP contribution in [0.3, 0.4) is 0 Å². The average molecular weight is 855 g/mol. The van der Waals surface area contributed by atoms with Crippen LogP contribution in [0.4, 0.5) is 9.59 Å². The Hall–Kier alpha value is -6.45. The van der Waals surface area contributed by atoms with Crippen LogP contribution in [0.1, 0.15) is 99.0 Å². The topological polar surface area (TPSA) is 187 Å². The molecule has 0 spiro atoms. The van der Waals surface area contributed by atoms with Crippen LogP contribution >= 0.6 is 0 Å². The number of aromatic nitrogens is 4. The summed E-state index contributed by atoms with van der Waals surface area (Å²) in [4.78, 5) is 58.2. The number of carbonyl (C=O) groups is 3. The van der Waals surface area contributed by atoms with Gasteiger partial charge in [-0.25, -0.2) is 19.6 Å². The molecule has 0 bridgehead atoms. The van der Waals surface area contributed by atoms with Gasteiger partial charge in [-0.15, -0.1) is 0 Å². The Kier molecular flexibility index (Phi) is 11.8. The molecule has 3 aromatic carbocycles. The third-order valence-electron chi connectivity index (χ3n) is 13.1. The van der Waals surface area contributed by atoms with Crippen molar-refractivity contribution in [3.8, 4) is 17.0 Å². The maximum absolute atomic E-state index is 13.5. The highest BCUT2D eigenvalue weighted by molar-refractivity contribution is 5.98. The molecule has 5 aromatic rings. The van der Waals surface area contributed by atoms with Gasteiger partial charge in [-0.2, -0.15) is 0 Å². The number of aliphatic hydroxyl groups is 1. The lowest BCUT2D eigenvalue weighted by Gasteiger charge is -2.34. The minimum atomic E-state index is -1.00. The highest BCUT2D eigenvalue weighted by Crippen LogP contribution is 2.47. The number of ether oxygens (including phenoxy) is 3. The number of nitrogens with zero attached hydrogens (tertiary/aromatic N) is 4. The molecule has 6 atom stereocenters. The lowest BCUT2D eigenvalue weighted by Crippen LogP contribution is -2.48. The minimum absolute atomic E-state index is 0.138. The van der Waals surface area contributed by atoms with Gasteiger partial charge in [0.2, 0.25) is 5.91 Å². The number of nitrogens with one attached hydrogen (secondary N) is 4. The normalized spacial score (nSPS) is 21.2. The molecular formula is C48H54N8O7. The first-order valence-electron chi connectivity index (χ1n) is 21.9. The van der Waals surface area contributed by atoms with E-state index in [1.165, 1.54) is 19.8 Å². The SMILES string of the molecule is CC[C@H](NC(=O)OC)C(=O)N1CCC[C@H]1c1ncc(-c2ccc3c4c(ccc3c2)C2=C(C=C(c3cnc([C@@H]5CCCN5C(O)[C@H](NC(=O)OC)c5ccccc5)[nH]3)[C@H](C)C2)CO4)[nH]1. The van der Waals surface area contributed by atoms with Crippen molar-refractivity contribution >= 4 is 40.0 Å². The summed E-state index contributed by atoms with van der Waals surface area (Å²) in [6.45, 7) is 5.81. The Morgan fingerprint density at radius 2 is 1.62 bits per heavy atom. The Labute approximate surface area is 365 Å². The smallest absolute Gasteiger partial charge is 0.407 e. The second-order valence-electron chi connectivity index (χ2n) is 16.9. The van der Waals surface area contributed by atoms with E-state index in [4.69, 9.17) is 24.2 Å². The number of likely N-dealkylation sites (tertiary alicyclic amines) is 2. The molecule has 63 heavy (non-hydrogen) atoms. The second-order valence-corrected chi connectivity index (χ2v) is 16.9. The molecule has 3 aliphatic heterocycles. The number of aliphatic hydroxyl groups excluding tert-OH is 1. The number of imidazole rings is 2. The first-order valence-corrected chi connectivity index (χ1v) is 21.9. The highest BCUT2D eigenvalue weighted by atomic mass is 16.5. The van der Waals surface area contributed by atoms with E-state index in [-0.39, 0.29) is 23.9 Å². The molecule has 2 fully saturated rings. The van der Waals surface area contributed by atoms with Gasteiger partial charge in [-0.1, -0.05) is 62.4 Å². The van der Waals surface area contributed by atoms with E-state index in [1.54, 1.807) is 0 Å². The number of hydrogen-bond acceptors (Lipinski definition) is 10. The number of H-pyrrole nitrogens is 2. The molecule has 328 valence electrons. The number of methoxy groups -OCH3 is 2. The van der Waals surface area contributed by atoms with Gasteiger partial charge < -0.3 is 44.8 Å². The van der Waals surface area contributed by atoms with Gasteiger partial charge in [0.25, 0.3) is 0 Å². The maximum atomic E-state index is 13.5. The molecule has 3 amide bonds. The fourth-order valence-electron chi connectivity index (χ4n) is 9.86. The molecule has 9 rings (SSSR count). The summed E-state index contributed by atoms with van der Waals surface area (Å²) >= 11 is 0. The standard InChI is InChI=1S/C48H54N8O7/c1-5-36(53-47(59)61-3)45(57)55-19-9-13-39(55)43-49-24-37(51-43)30-16-17-32-29(22-30)15-18-33-35-21-27(2)34(23-31(35)26-63-42(32)33)38-25-50-44(52-38)40-14-10-20-56(40)46(58)41(54-48(60)62-4)28-11-7-6-8-12-28/h6-8,11-12,15-18,22-25,27,36,39-41,46,58H,5,9-10,13-14,19-21,26H2,1-4H3,(H,49,51)(H,50,52)(H,53,59)(H,54,60)/t27-,36+,39+,40+,41-,46?/m1/s1. The summed E-state index contributed by atoms with van der Waals surface area (Å²) in [5, 5.41) is 19.3. The van der Waals surface area contributed by atoms with Gasteiger partial charge in [0, 0.05) is 29.6 Å². The molecule has 0 radical (unpaired) electrons. The van der Waals surface area contributed by atoms with Gasteiger partial charge >= 0.3 is 12.2 Å². The van der Waals surface area contributed by atoms with Crippen LogP contribution < -0.4 is 15.4 Å². The van der Waals surface area contributed by atoms with Crippen molar-refractivity contribution in [2.24, 2.45) is 5.92 Å². The van der Waals surface area contributed by atoms with Crippen molar-refractivity contribution < 1.29 is 33.7 Å². The monoisotopic (exact) mass is 854 g/mol.